The van der Waals surface area contributed by atoms with Gasteiger partial charge in [-0.2, -0.15) is 0 Å². The minimum absolute atomic E-state index is 0.116. The summed E-state index contributed by atoms with van der Waals surface area (Å²) in [6.45, 7) is 1.73. The fourth-order valence-corrected chi connectivity index (χ4v) is 2.08. The van der Waals surface area contributed by atoms with Gasteiger partial charge in [0.15, 0.2) is 0 Å². The summed E-state index contributed by atoms with van der Waals surface area (Å²) in [5, 5.41) is 28.0. The molecule has 3 heteroatoms. The lowest BCUT2D eigenvalue weighted by Gasteiger charge is -2.42. The van der Waals surface area contributed by atoms with Crippen LogP contribution >= 0.6 is 0 Å². The van der Waals surface area contributed by atoms with Crippen molar-refractivity contribution in [3.05, 3.63) is 0 Å². The summed E-state index contributed by atoms with van der Waals surface area (Å²) in [5.74, 6) is 0.193. The molecule has 1 aliphatic carbocycles. The maximum atomic E-state index is 9.77. The molecule has 1 aliphatic rings. The van der Waals surface area contributed by atoms with E-state index in [-0.39, 0.29) is 19.1 Å². The van der Waals surface area contributed by atoms with E-state index in [4.69, 9.17) is 10.2 Å². The molecule has 0 saturated heterocycles. The molecular weight excluding hydrogens is 156 g/mol. The number of aliphatic hydroxyl groups excluding tert-OH is 3. The first-order chi connectivity index (χ1) is 5.66. The van der Waals surface area contributed by atoms with Crippen LogP contribution in [-0.4, -0.2) is 34.6 Å². The van der Waals surface area contributed by atoms with E-state index >= 15 is 0 Å². The van der Waals surface area contributed by atoms with Crippen LogP contribution in [0.1, 0.15) is 26.2 Å². The molecule has 3 N–H and O–H groups in total. The summed E-state index contributed by atoms with van der Waals surface area (Å²) in [7, 11) is 0. The minimum atomic E-state index is -0.641. The van der Waals surface area contributed by atoms with Crippen molar-refractivity contribution < 1.29 is 15.3 Å². The summed E-state index contributed by atoms with van der Waals surface area (Å²) < 4.78 is 0. The van der Waals surface area contributed by atoms with Crippen molar-refractivity contribution in [3.63, 3.8) is 0 Å². The van der Waals surface area contributed by atoms with E-state index in [9.17, 15) is 5.11 Å². The van der Waals surface area contributed by atoms with Crippen molar-refractivity contribution in [1.29, 1.82) is 0 Å². The second-order valence-electron chi connectivity index (χ2n) is 3.99. The summed E-state index contributed by atoms with van der Waals surface area (Å²) in [6.07, 6.45) is 2.15. The predicted octanol–water partition coefficient (Wildman–Crippen LogP) is 0.138. The third-order valence-corrected chi connectivity index (χ3v) is 3.13. The van der Waals surface area contributed by atoms with Gasteiger partial charge < -0.3 is 15.3 Å². The Hall–Kier alpha value is -0.120. The summed E-state index contributed by atoms with van der Waals surface area (Å²) in [6, 6.07) is 0. The highest BCUT2D eigenvalue weighted by Gasteiger charge is 2.42. The van der Waals surface area contributed by atoms with Gasteiger partial charge >= 0.3 is 0 Å². The molecule has 2 atom stereocenters. The molecular formula is C9H18O3. The molecule has 0 amide bonds. The lowest BCUT2D eigenvalue weighted by Crippen LogP contribution is -2.48. The van der Waals surface area contributed by atoms with Crippen LogP contribution in [0.4, 0.5) is 0 Å². The number of rotatable bonds is 2. The van der Waals surface area contributed by atoms with Crippen LogP contribution in [0.25, 0.3) is 0 Å². The highest BCUT2D eigenvalue weighted by Crippen LogP contribution is 2.38. The molecule has 0 heterocycles. The van der Waals surface area contributed by atoms with Gasteiger partial charge in [-0.3, -0.25) is 0 Å². The first-order valence-corrected chi connectivity index (χ1v) is 4.56. The largest absolute Gasteiger partial charge is 0.396 e. The van der Waals surface area contributed by atoms with Gasteiger partial charge in [-0.05, 0) is 18.8 Å². The molecule has 0 aliphatic heterocycles. The van der Waals surface area contributed by atoms with Gasteiger partial charge in [0.05, 0.1) is 19.3 Å². The average Bonchev–Trinajstić information content (AvgIpc) is 2.11. The predicted molar refractivity (Wildman–Crippen MR) is 45.6 cm³/mol. The SMILES string of the molecule is CC1CCCC(CO)(CO)C1O. The van der Waals surface area contributed by atoms with E-state index < -0.39 is 11.5 Å². The van der Waals surface area contributed by atoms with Crippen molar-refractivity contribution in [1.82, 2.24) is 0 Å². The molecule has 0 radical (unpaired) electrons. The zero-order chi connectivity index (χ0) is 9.19. The number of hydrogen-bond acceptors (Lipinski definition) is 3. The Morgan fingerprint density at radius 2 is 1.92 bits per heavy atom. The van der Waals surface area contributed by atoms with Crippen LogP contribution in [0.15, 0.2) is 0 Å². The Bertz CT molecular complexity index is 143. The topological polar surface area (TPSA) is 60.7 Å². The van der Waals surface area contributed by atoms with Gasteiger partial charge in [-0.1, -0.05) is 13.3 Å². The molecule has 0 aromatic heterocycles. The van der Waals surface area contributed by atoms with Crippen molar-refractivity contribution in [2.75, 3.05) is 13.2 Å². The molecule has 3 nitrogen and oxygen atoms in total. The van der Waals surface area contributed by atoms with Crippen molar-refractivity contribution in [2.45, 2.75) is 32.3 Å². The van der Waals surface area contributed by atoms with Crippen molar-refractivity contribution in [3.8, 4) is 0 Å². The number of hydrogen-bond donors (Lipinski definition) is 3. The number of aliphatic hydroxyl groups is 3. The smallest absolute Gasteiger partial charge is 0.0665 e. The Balaban J connectivity index is 2.71. The van der Waals surface area contributed by atoms with E-state index in [1.54, 1.807) is 0 Å². The van der Waals surface area contributed by atoms with Crippen molar-refractivity contribution >= 4 is 0 Å². The third kappa shape index (κ3) is 1.49. The maximum absolute atomic E-state index is 9.77. The highest BCUT2D eigenvalue weighted by molar-refractivity contribution is 4.91. The zero-order valence-electron chi connectivity index (χ0n) is 7.53. The second-order valence-corrected chi connectivity index (χ2v) is 3.99. The van der Waals surface area contributed by atoms with Crippen molar-refractivity contribution in [2.24, 2.45) is 11.3 Å². The normalized spacial score (nSPS) is 35.0. The molecule has 1 fully saturated rings. The molecule has 72 valence electrons. The molecule has 0 bridgehead atoms. The summed E-state index contributed by atoms with van der Waals surface area (Å²) >= 11 is 0. The molecule has 1 rings (SSSR count). The Morgan fingerprint density at radius 3 is 2.33 bits per heavy atom. The van der Waals surface area contributed by atoms with Crippen LogP contribution < -0.4 is 0 Å². The Morgan fingerprint density at radius 1 is 1.33 bits per heavy atom. The first kappa shape index (κ1) is 9.96. The lowest BCUT2D eigenvalue weighted by molar-refractivity contribution is -0.102. The molecule has 12 heavy (non-hydrogen) atoms. The van der Waals surface area contributed by atoms with E-state index in [1.165, 1.54) is 0 Å². The molecule has 0 spiro atoms. The zero-order valence-corrected chi connectivity index (χ0v) is 7.53. The summed E-state index contributed by atoms with van der Waals surface area (Å²) in [5.41, 5.74) is -0.641. The molecule has 2 unspecified atom stereocenters. The van der Waals surface area contributed by atoms with Gasteiger partial charge in [-0.15, -0.1) is 0 Å². The average molecular weight is 174 g/mol. The van der Waals surface area contributed by atoms with Gasteiger partial charge in [0.1, 0.15) is 0 Å². The first-order valence-electron chi connectivity index (χ1n) is 4.56. The van der Waals surface area contributed by atoms with Gasteiger partial charge in [0.25, 0.3) is 0 Å². The highest BCUT2D eigenvalue weighted by atomic mass is 16.3. The Kier molecular flexibility index (Phi) is 3.09. The summed E-state index contributed by atoms with van der Waals surface area (Å²) in [4.78, 5) is 0. The van der Waals surface area contributed by atoms with E-state index in [2.05, 4.69) is 0 Å². The standard InChI is InChI=1S/C9H18O3/c1-7-3-2-4-9(5-10,6-11)8(7)12/h7-8,10-12H,2-6H2,1H3. The third-order valence-electron chi connectivity index (χ3n) is 3.13. The Labute approximate surface area is 73.0 Å². The van der Waals surface area contributed by atoms with Gasteiger partial charge in [0, 0.05) is 5.41 Å². The fraction of sp³-hybridized carbons (Fsp3) is 1.00. The fourth-order valence-electron chi connectivity index (χ4n) is 2.08. The van der Waals surface area contributed by atoms with E-state index in [1.807, 2.05) is 6.92 Å². The molecule has 0 aromatic carbocycles. The molecule has 1 saturated carbocycles. The van der Waals surface area contributed by atoms with Gasteiger partial charge in [0.2, 0.25) is 0 Å². The quantitative estimate of drug-likeness (QED) is 0.558. The monoisotopic (exact) mass is 174 g/mol. The van der Waals surface area contributed by atoms with Crippen LogP contribution in [0.2, 0.25) is 0 Å². The van der Waals surface area contributed by atoms with E-state index in [0.29, 0.717) is 0 Å². The van der Waals surface area contributed by atoms with Crippen LogP contribution in [-0.2, 0) is 0 Å². The maximum Gasteiger partial charge on any atom is 0.0665 e. The minimum Gasteiger partial charge on any atom is -0.396 e. The lowest BCUT2D eigenvalue weighted by atomic mass is 9.68. The van der Waals surface area contributed by atoms with Crippen LogP contribution in [0.5, 0.6) is 0 Å². The van der Waals surface area contributed by atoms with Crippen LogP contribution in [0.3, 0.4) is 0 Å². The van der Waals surface area contributed by atoms with E-state index in [0.717, 1.165) is 19.3 Å². The molecule has 0 aromatic rings. The van der Waals surface area contributed by atoms with Gasteiger partial charge in [-0.25, -0.2) is 0 Å². The second kappa shape index (κ2) is 3.73. The van der Waals surface area contributed by atoms with Crippen LogP contribution in [0, 0.1) is 11.3 Å².